The first-order chi connectivity index (χ1) is 7.04. The Kier molecular flexibility index (Phi) is 5.05. The highest BCUT2D eigenvalue weighted by Crippen LogP contribution is 2.34. The topological polar surface area (TPSA) is 55.5 Å². The SMILES string of the molecule is CC(O)COc1c(Br)cc(CN)cc1Br. The van der Waals surface area contributed by atoms with Gasteiger partial charge in [-0.25, -0.2) is 0 Å². The van der Waals surface area contributed by atoms with Crippen molar-refractivity contribution in [1.29, 1.82) is 0 Å². The van der Waals surface area contributed by atoms with Crippen LogP contribution in [0.25, 0.3) is 0 Å². The molecule has 0 aliphatic heterocycles. The molecule has 3 N–H and O–H groups in total. The van der Waals surface area contributed by atoms with Crippen molar-refractivity contribution >= 4 is 31.9 Å². The molecule has 84 valence electrons. The highest BCUT2D eigenvalue weighted by Gasteiger charge is 2.09. The molecule has 3 nitrogen and oxygen atoms in total. The second-order valence-corrected chi connectivity index (χ2v) is 4.96. The standard InChI is InChI=1S/C10H13Br2NO2/c1-6(14)5-15-10-8(11)2-7(4-13)3-9(10)12/h2-3,6,14H,4-5,13H2,1H3. The van der Waals surface area contributed by atoms with Crippen LogP contribution in [0.4, 0.5) is 0 Å². The van der Waals surface area contributed by atoms with Crippen LogP contribution >= 0.6 is 31.9 Å². The van der Waals surface area contributed by atoms with E-state index >= 15 is 0 Å². The van der Waals surface area contributed by atoms with Crippen LogP contribution in [0.5, 0.6) is 5.75 Å². The summed E-state index contributed by atoms with van der Waals surface area (Å²) >= 11 is 6.79. The zero-order valence-corrected chi connectivity index (χ0v) is 11.5. The minimum Gasteiger partial charge on any atom is -0.489 e. The Balaban J connectivity index is 2.88. The van der Waals surface area contributed by atoms with Gasteiger partial charge in [0.1, 0.15) is 12.4 Å². The van der Waals surface area contributed by atoms with Gasteiger partial charge < -0.3 is 15.6 Å². The van der Waals surface area contributed by atoms with E-state index in [9.17, 15) is 0 Å². The van der Waals surface area contributed by atoms with Crippen LogP contribution in [0, 0.1) is 0 Å². The summed E-state index contributed by atoms with van der Waals surface area (Å²) in [5, 5.41) is 9.12. The molecule has 1 aromatic carbocycles. The fourth-order valence-corrected chi connectivity index (χ4v) is 2.58. The molecule has 15 heavy (non-hydrogen) atoms. The van der Waals surface area contributed by atoms with E-state index in [2.05, 4.69) is 31.9 Å². The molecule has 1 rings (SSSR count). The maximum Gasteiger partial charge on any atom is 0.147 e. The fraction of sp³-hybridized carbons (Fsp3) is 0.400. The Labute approximate surface area is 106 Å². The molecule has 0 aliphatic rings. The number of aliphatic hydroxyl groups is 1. The largest absolute Gasteiger partial charge is 0.489 e. The molecule has 0 saturated carbocycles. The molecule has 1 unspecified atom stereocenters. The average Bonchev–Trinajstić information content (AvgIpc) is 2.15. The van der Waals surface area contributed by atoms with E-state index in [0.717, 1.165) is 14.5 Å². The molecule has 0 fully saturated rings. The second-order valence-electron chi connectivity index (χ2n) is 3.25. The van der Waals surface area contributed by atoms with Gasteiger partial charge in [-0.3, -0.25) is 0 Å². The van der Waals surface area contributed by atoms with Crippen molar-refractivity contribution < 1.29 is 9.84 Å². The third-order valence-electron chi connectivity index (χ3n) is 1.76. The lowest BCUT2D eigenvalue weighted by Gasteiger charge is -2.12. The molecular formula is C10H13Br2NO2. The summed E-state index contributed by atoms with van der Waals surface area (Å²) in [6.45, 7) is 2.42. The van der Waals surface area contributed by atoms with Crippen LogP contribution in [-0.4, -0.2) is 17.8 Å². The van der Waals surface area contributed by atoms with Crippen LogP contribution < -0.4 is 10.5 Å². The van der Waals surface area contributed by atoms with Gasteiger partial charge in [0.05, 0.1) is 15.0 Å². The van der Waals surface area contributed by atoms with Gasteiger partial charge in [0.2, 0.25) is 0 Å². The molecule has 0 radical (unpaired) electrons. The number of hydrogen-bond acceptors (Lipinski definition) is 3. The smallest absolute Gasteiger partial charge is 0.147 e. The average molecular weight is 339 g/mol. The van der Waals surface area contributed by atoms with Gasteiger partial charge in [0.15, 0.2) is 0 Å². The predicted octanol–water partition coefficient (Wildman–Crippen LogP) is 2.43. The van der Waals surface area contributed by atoms with Gasteiger partial charge in [0, 0.05) is 6.54 Å². The Morgan fingerprint density at radius 2 is 1.93 bits per heavy atom. The first-order valence-corrected chi connectivity index (χ1v) is 6.12. The van der Waals surface area contributed by atoms with Crippen molar-refractivity contribution in [3.05, 3.63) is 26.6 Å². The van der Waals surface area contributed by atoms with Crippen molar-refractivity contribution in [3.8, 4) is 5.75 Å². The molecule has 1 atom stereocenters. The second kappa shape index (κ2) is 5.84. The Morgan fingerprint density at radius 3 is 2.33 bits per heavy atom. The molecule has 0 aromatic heterocycles. The van der Waals surface area contributed by atoms with Crippen LogP contribution in [0.3, 0.4) is 0 Å². The van der Waals surface area contributed by atoms with E-state index in [-0.39, 0.29) is 6.61 Å². The lowest BCUT2D eigenvalue weighted by atomic mass is 10.2. The van der Waals surface area contributed by atoms with Crippen LogP contribution in [0.2, 0.25) is 0 Å². The Morgan fingerprint density at radius 1 is 1.40 bits per heavy atom. The van der Waals surface area contributed by atoms with Crippen molar-refractivity contribution in [3.63, 3.8) is 0 Å². The lowest BCUT2D eigenvalue weighted by Crippen LogP contribution is -2.13. The third kappa shape index (κ3) is 3.75. The van der Waals surface area contributed by atoms with Crippen molar-refractivity contribution in [2.45, 2.75) is 19.6 Å². The zero-order valence-electron chi connectivity index (χ0n) is 8.34. The van der Waals surface area contributed by atoms with Gasteiger partial charge in [-0.15, -0.1) is 0 Å². The van der Waals surface area contributed by atoms with E-state index in [1.54, 1.807) is 6.92 Å². The molecule has 0 saturated heterocycles. The molecule has 0 amide bonds. The lowest BCUT2D eigenvalue weighted by molar-refractivity contribution is 0.122. The van der Waals surface area contributed by atoms with Crippen LogP contribution in [0.15, 0.2) is 21.1 Å². The molecular weight excluding hydrogens is 326 g/mol. The maximum absolute atomic E-state index is 9.12. The number of rotatable bonds is 4. The van der Waals surface area contributed by atoms with E-state index in [4.69, 9.17) is 15.6 Å². The molecule has 0 aliphatic carbocycles. The van der Waals surface area contributed by atoms with Crippen molar-refractivity contribution in [2.75, 3.05) is 6.61 Å². The van der Waals surface area contributed by atoms with Crippen LogP contribution in [-0.2, 0) is 6.54 Å². The molecule has 5 heteroatoms. The fourth-order valence-electron chi connectivity index (χ4n) is 1.07. The van der Waals surface area contributed by atoms with Crippen LogP contribution in [0.1, 0.15) is 12.5 Å². The van der Waals surface area contributed by atoms with E-state index in [1.807, 2.05) is 12.1 Å². The van der Waals surface area contributed by atoms with Crippen molar-refractivity contribution in [2.24, 2.45) is 5.73 Å². The maximum atomic E-state index is 9.12. The van der Waals surface area contributed by atoms with E-state index in [0.29, 0.717) is 12.3 Å². The minimum absolute atomic E-state index is 0.263. The monoisotopic (exact) mass is 337 g/mol. The number of benzene rings is 1. The zero-order chi connectivity index (χ0) is 11.4. The van der Waals surface area contributed by atoms with E-state index in [1.165, 1.54) is 0 Å². The number of nitrogens with two attached hydrogens (primary N) is 1. The Hall–Kier alpha value is -0.100. The van der Waals surface area contributed by atoms with Gasteiger partial charge in [0.25, 0.3) is 0 Å². The Bertz CT molecular complexity index is 319. The number of ether oxygens (including phenoxy) is 1. The van der Waals surface area contributed by atoms with Gasteiger partial charge in [-0.2, -0.15) is 0 Å². The molecule has 0 spiro atoms. The number of aliphatic hydroxyl groups excluding tert-OH is 1. The minimum atomic E-state index is -0.488. The summed E-state index contributed by atoms with van der Waals surface area (Å²) in [5.74, 6) is 0.688. The number of halogens is 2. The molecule has 0 bridgehead atoms. The molecule has 1 aromatic rings. The van der Waals surface area contributed by atoms with Gasteiger partial charge in [-0.05, 0) is 56.5 Å². The highest BCUT2D eigenvalue weighted by atomic mass is 79.9. The summed E-state index contributed by atoms with van der Waals surface area (Å²) in [5.41, 5.74) is 6.55. The highest BCUT2D eigenvalue weighted by molar-refractivity contribution is 9.11. The summed E-state index contributed by atoms with van der Waals surface area (Å²) in [6.07, 6.45) is -0.488. The summed E-state index contributed by atoms with van der Waals surface area (Å²) in [6, 6.07) is 3.81. The summed E-state index contributed by atoms with van der Waals surface area (Å²) < 4.78 is 7.11. The molecule has 0 heterocycles. The summed E-state index contributed by atoms with van der Waals surface area (Å²) in [7, 11) is 0. The predicted molar refractivity (Wildman–Crippen MR) is 66.9 cm³/mol. The van der Waals surface area contributed by atoms with Crippen molar-refractivity contribution in [1.82, 2.24) is 0 Å². The first-order valence-electron chi connectivity index (χ1n) is 4.53. The quantitative estimate of drug-likeness (QED) is 0.886. The van der Waals surface area contributed by atoms with Gasteiger partial charge >= 0.3 is 0 Å². The third-order valence-corrected chi connectivity index (χ3v) is 2.94. The number of hydrogen-bond donors (Lipinski definition) is 2. The summed E-state index contributed by atoms with van der Waals surface area (Å²) in [4.78, 5) is 0. The first kappa shape index (κ1) is 13.0. The normalized spacial score (nSPS) is 12.6. The van der Waals surface area contributed by atoms with E-state index < -0.39 is 6.10 Å². The van der Waals surface area contributed by atoms with Gasteiger partial charge in [-0.1, -0.05) is 0 Å².